The number of aromatic nitrogens is 3. The van der Waals surface area contributed by atoms with Crippen molar-refractivity contribution in [1.82, 2.24) is 14.3 Å². The first-order valence-corrected chi connectivity index (χ1v) is 6.66. The van der Waals surface area contributed by atoms with Gasteiger partial charge in [0.1, 0.15) is 11.8 Å². The van der Waals surface area contributed by atoms with E-state index in [1.54, 1.807) is 6.20 Å². The summed E-state index contributed by atoms with van der Waals surface area (Å²) in [4.78, 5) is 0. The molecule has 2 aromatic heterocycles. The van der Waals surface area contributed by atoms with E-state index in [1.807, 2.05) is 65.1 Å². The van der Waals surface area contributed by atoms with Gasteiger partial charge in [-0.2, -0.15) is 10.4 Å². The summed E-state index contributed by atoms with van der Waals surface area (Å²) in [6.07, 6.45) is 5.63. The highest BCUT2D eigenvalue weighted by Crippen LogP contribution is 2.20. The molecule has 3 aromatic rings. The zero-order valence-electron chi connectivity index (χ0n) is 11.7. The molecule has 0 radical (unpaired) electrons. The highest BCUT2D eigenvalue weighted by atomic mass is 15.3. The van der Waals surface area contributed by atoms with Crippen LogP contribution in [0.4, 0.5) is 5.69 Å². The van der Waals surface area contributed by atoms with Crippen LogP contribution < -0.4 is 5.32 Å². The molecule has 1 N–H and O–H groups in total. The molecule has 104 valence electrons. The van der Waals surface area contributed by atoms with Crippen LogP contribution in [0.2, 0.25) is 0 Å². The van der Waals surface area contributed by atoms with Crippen LogP contribution in [0.1, 0.15) is 11.3 Å². The maximum atomic E-state index is 8.98. The number of nitrogens with zero attached hydrogens (tertiary/aromatic N) is 4. The molecule has 0 bridgehead atoms. The van der Waals surface area contributed by atoms with Crippen LogP contribution in [0, 0.1) is 11.3 Å². The molecule has 0 unspecified atom stereocenters. The van der Waals surface area contributed by atoms with Crippen LogP contribution in [0.3, 0.4) is 0 Å². The topological polar surface area (TPSA) is 58.6 Å². The zero-order valence-corrected chi connectivity index (χ0v) is 11.7. The number of nitriles is 1. The van der Waals surface area contributed by atoms with Gasteiger partial charge in [-0.3, -0.25) is 0 Å². The summed E-state index contributed by atoms with van der Waals surface area (Å²) < 4.78 is 3.66. The third-order valence-electron chi connectivity index (χ3n) is 3.31. The maximum Gasteiger partial charge on any atom is 0.120 e. The zero-order chi connectivity index (χ0) is 14.7. The van der Waals surface area contributed by atoms with Gasteiger partial charge >= 0.3 is 0 Å². The molecule has 2 heterocycles. The van der Waals surface area contributed by atoms with Gasteiger partial charge in [0, 0.05) is 32.2 Å². The monoisotopic (exact) mass is 277 g/mol. The SMILES string of the molecule is Cn1cc(CNc2ccccc2-n2cccn2)cc1C#N. The van der Waals surface area contributed by atoms with Gasteiger partial charge in [0.2, 0.25) is 0 Å². The molecule has 0 spiro atoms. The average molecular weight is 277 g/mol. The second-order valence-corrected chi connectivity index (χ2v) is 4.78. The number of hydrogen-bond donors (Lipinski definition) is 1. The third-order valence-corrected chi connectivity index (χ3v) is 3.31. The Morgan fingerprint density at radius 3 is 2.86 bits per heavy atom. The molecule has 3 rings (SSSR count). The summed E-state index contributed by atoms with van der Waals surface area (Å²) in [7, 11) is 1.87. The fourth-order valence-corrected chi connectivity index (χ4v) is 2.27. The molecule has 0 saturated heterocycles. The van der Waals surface area contributed by atoms with E-state index in [9.17, 15) is 0 Å². The Labute approximate surface area is 123 Å². The number of aryl methyl sites for hydroxylation is 1. The van der Waals surface area contributed by atoms with Crippen molar-refractivity contribution in [2.24, 2.45) is 7.05 Å². The molecule has 0 atom stereocenters. The summed E-state index contributed by atoms with van der Waals surface area (Å²) in [5.41, 5.74) is 3.74. The second-order valence-electron chi connectivity index (χ2n) is 4.78. The normalized spacial score (nSPS) is 10.3. The fraction of sp³-hybridized carbons (Fsp3) is 0.125. The van der Waals surface area contributed by atoms with Crippen molar-refractivity contribution in [2.75, 3.05) is 5.32 Å². The number of para-hydroxylation sites is 2. The van der Waals surface area contributed by atoms with Gasteiger partial charge in [-0.25, -0.2) is 4.68 Å². The summed E-state index contributed by atoms with van der Waals surface area (Å²) >= 11 is 0. The van der Waals surface area contributed by atoms with Gasteiger partial charge in [0.15, 0.2) is 0 Å². The smallest absolute Gasteiger partial charge is 0.120 e. The Balaban J connectivity index is 1.81. The lowest BCUT2D eigenvalue weighted by molar-refractivity contribution is 0.878. The maximum absolute atomic E-state index is 8.98. The highest BCUT2D eigenvalue weighted by molar-refractivity contribution is 5.60. The molecular weight excluding hydrogens is 262 g/mol. The van der Waals surface area contributed by atoms with E-state index >= 15 is 0 Å². The molecule has 0 amide bonds. The molecule has 0 aliphatic rings. The van der Waals surface area contributed by atoms with Crippen LogP contribution in [0.15, 0.2) is 55.0 Å². The molecule has 5 nitrogen and oxygen atoms in total. The van der Waals surface area contributed by atoms with Crippen molar-refractivity contribution in [2.45, 2.75) is 6.54 Å². The molecule has 0 aliphatic heterocycles. The van der Waals surface area contributed by atoms with Gasteiger partial charge < -0.3 is 9.88 Å². The van der Waals surface area contributed by atoms with Crippen molar-refractivity contribution in [3.8, 4) is 11.8 Å². The molecule has 0 saturated carbocycles. The standard InChI is InChI=1S/C16H15N5/c1-20-12-13(9-14(20)10-17)11-18-15-5-2-3-6-16(15)21-8-4-7-19-21/h2-9,12,18H,11H2,1H3. The van der Waals surface area contributed by atoms with Crippen LogP contribution in [0.5, 0.6) is 0 Å². The van der Waals surface area contributed by atoms with Crippen molar-refractivity contribution in [1.29, 1.82) is 5.26 Å². The van der Waals surface area contributed by atoms with E-state index < -0.39 is 0 Å². The minimum atomic E-state index is 0.659. The average Bonchev–Trinajstić information content (AvgIpc) is 3.15. The van der Waals surface area contributed by atoms with Gasteiger partial charge in [-0.1, -0.05) is 12.1 Å². The van der Waals surface area contributed by atoms with Crippen LogP contribution in [0.25, 0.3) is 5.69 Å². The summed E-state index contributed by atoms with van der Waals surface area (Å²) in [5, 5.41) is 16.6. The van der Waals surface area contributed by atoms with Gasteiger partial charge in [-0.15, -0.1) is 0 Å². The number of hydrogen-bond acceptors (Lipinski definition) is 3. The van der Waals surface area contributed by atoms with Gasteiger partial charge in [0.25, 0.3) is 0 Å². The lowest BCUT2D eigenvalue weighted by Gasteiger charge is -2.11. The van der Waals surface area contributed by atoms with E-state index in [0.717, 1.165) is 16.9 Å². The Hall–Kier alpha value is -3.00. The van der Waals surface area contributed by atoms with Gasteiger partial charge in [-0.05, 0) is 29.8 Å². The Bertz CT molecular complexity index is 777. The number of anilines is 1. The summed E-state index contributed by atoms with van der Waals surface area (Å²) in [5.74, 6) is 0. The molecule has 5 heteroatoms. The Morgan fingerprint density at radius 2 is 2.14 bits per heavy atom. The van der Waals surface area contributed by atoms with E-state index in [-0.39, 0.29) is 0 Å². The van der Waals surface area contributed by atoms with E-state index in [1.165, 1.54) is 0 Å². The van der Waals surface area contributed by atoms with Crippen LogP contribution in [-0.2, 0) is 13.6 Å². The van der Waals surface area contributed by atoms with E-state index in [4.69, 9.17) is 5.26 Å². The first-order chi connectivity index (χ1) is 10.3. The third kappa shape index (κ3) is 2.65. The Morgan fingerprint density at radius 1 is 1.29 bits per heavy atom. The first kappa shape index (κ1) is 13.0. The predicted molar refractivity (Wildman–Crippen MR) is 81.0 cm³/mol. The van der Waals surface area contributed by atoms with Crippen LogP contribution >= 0.6 is 0 Å². The molecule has 0 aliphatic carbocycles. The fourth-order valence-electron chi connectivity index (χ4n) is 2.27. The molecular formula is C16H15N5. The molecule has 1 aromatic carbocycles. The highest BCUT2D eigenvalue weighted by Gasteiger charge is 2.06. The molecule has 21 heavy (non-hydrogen) atoms. The second kappa shape index (κ2) is 5.55. The minimum Gasteiger partial charge on any atom is -0.379 e. The largest absolute Gasteiger partial charge is 0.379 e. The summed E-state index contributed by atoms with van der Waals surface area (Å²) in [6.45, 7) is 0.661. The number of rotatable bonds is 4. The minimum absolute atomic E-state index is 0.659. The first-order valence-electron chi connectivity index (χ1n) is 6.66. The van der Waals surface area contributed by atoms with Crippen LogP contribution in [-0.4, -0.2) is 14.3 Å². The summed E-state index contributed by atoms with van der Waals surface area (Å²) in [6, 6.07) is 14.0. The van der Waals surface area contributed by atoms with Crippen molar-refractivity contribution in [3.63, 3.8) is 0 Å². The van der Waals surface area contributed by atoms with Gasteiger partial charge in [0.05, 0.1) is 11.4 Å². The number of benzene rings is 1. The Kier molecular flexibility index (Phi) is 3.44. The number of nitrogens with one attached hydrogen (secondary N) is 1. The van der Waals surface area contributed by atoms with Crippen molar-refractivity contribution in [3.05, 3.63) is 66.2 Å². The predicted octanol–water partition coefficient (Wildman–Crippen LogP) is 2.69. The van der Waals surface area contributed by atoms with Crippen molar-refractivity contribution < 1.29 is 0 Å². The quantitative estimate of drug-likeness (QED) is 0.797. The van der Waals surface area contributed by atoms with E-state index in [2.05, 4.69) is 16.5 Å². The molecule has 0 fully saturated rings. The van der Waals surface area contributed by atoms with Crippen molar-refractivity contribution >= 4 is 5.69 Å². The lowest BCUT2D eigenvalue weighted by atomic mass is 10.2. The van der Waals surface area contributed by atoms with E-state index in [0.29, 0.717) is 12.2 Å². The lowest BCUT2D eigenvalue weighted by Crippen LogP contribution is -2.04.